The summed E-state index contributed by atoms with van der Waals surface area (Å²) in [6, 6.07) is 0.919. The van der Waals surface area contributed by atoms with Gasteiger partial charge >= 0.3 is 0 Å². The van der Waals surface area contributed by atoms with Crippen LogP contribution in [0.1, 0.15) is 78.1 Å². The topological polar surface area (TPSA) is 3.24 Å². The van der Waals surface area contributed by atoms with Gasteiger partial charge in [-0.2, -0.15) is 0 Å². The lowest BCUT2D eigenvalue weighted by Crippen LogP contribution is -2.45. The van der Waals surface area contributed by atoms with Crippen LogP contribution in [0.15, 0.2) is 0 Å². The number of likely N-dealkylation sites (tertiary alicyclic amines) is 1. The highest BCUT2D eigenvalue weighted by molar-refractivity contribution is 4.82. The van der Waals surface area contributed by atoms with E-state index in [1.54, 1.807) is 0 Å². The molecule has 0 bridgehead atoms. The monoisotopic (exact) mass is 239 g/mol. The van der Waals surface area contributed by atoms with Gasteiger partial charge in [0.25, 0.3) is 0 Å². The lowest BCUT2D eigenvalue weighted by atomic mass is 9.85. The van der Waals surface area contributed by atoms with Crippen molar-refractivity contribution >= 4 is 0 Å². The van der Waals surface area contributed by atoms with Gasteiger partial charge in [0.2, 0.25) is 0 Å². The summed E-state index contributed by atoms with van der Waals surface area (Å²) >= 11 is 0. The van der Waals surface area contributed by atoms with E-state index in [1.807, 2.05) is 0 Å². The normalized spacial score (nSPS) is 22.4. The fraction of sp³-hybridized carbons (Fsp3) is 1.00. The van der Waals surface area contributed by atoms with Crippen molar-refractivity contribution < 1.29 is 0 Å². The molecule has 1 rings (SSSR count). The molecule has 2 atom stereocenters. The van der Waals surface area contributed by atoms with E-state index < -0.39 is 0 Å². The smallest absolute Gasteiger partial charge is 0.0107 e. The maximum Gasteiger partial charge on any atom is 0.0107 e. The zero-order chi connectivity index (χ0) is 12.5. The van der Waals surface area contributed by atoms with Crippen LogP contribution >= 0.6 is 0 Å². The van der Waals surface area contributed by atoms with E-state index in [1.165, 1.54) is 70.8 Å². The highest BCUT2D eigenvalue weighted by Gasteiger charge is 2.26. The molecule has 1 nitrogen and oxygen atoms in total. The van der Waals surface area contributed by atoms with E-state index in [0.717, 1.165) is 12.0 Å². The molecule has 1 unspecified atom stereocenters. The van der Waals surface area contributed by atoms with Crippen LogP contribution in [-0.2, 0) is 0 Å². The molecule has 0 spiro atoms. The molecule has 1 saturated heterocycles. The zero-order valence-electron chi connectivity index (χ0n) is 12.4. The Labute approximate surface area is 109 Å². The molecule has 1 aliphatic rings. The van der Waals surface area contributed by atoms with Crippen molar-refractivity contribution in [2.75, 3.05) is 13.6 Å². The van der Waals surface area contributed by atoms with Crippen molar-refractivity contribution in [2.45, 2.75) is 84.1 Å². The summed E-state index contributed by atoms with van der Waals surface area (Å²) in [6.45, 7) is 5.96. The molecule has 1 heteroatoms. The predicted molar refractivity (Wildman–Crippen MR) is 77.4 cm³/mol. The lowest BCUT2D eigenvalue weighted by Gasteiger charge is -2.40. The average molecular weight is 239 g/mol. The third kappa shape index (κ3) is 5.90. The van der Waals surface area contributed by atoms with Gasteiger partial charge in [-0.15, -0.1) is 0 Å². The van der Waals surface area contributed by atoms with Crippen molar-refractivity contribution in [1.29, 1.82) is 0 Å². The van der Waals surface area contributed by atoms with Crippen molar-refractivity contribution in [2.24, 2.45) is 5.92 Å². The largest absolute Gasteiger partial charge is 0.303 e. The SMILES string of the molecule is CCCCCCC(CCCC)C[C@@H]1CCN1C. The van der Waals surface area contributed by atoms with Gasteiger partial charge < -0.3 is 4.90 Å². The van der Waals surface area contributed by atoms with Crippen molar-refractivity contribution in [3.8, 4) is 0 Å². The molecule has 1 aliphatic heterocycles. The Morgan fingerprint density at radius 2 is 1.71 bits per heavy atom. The van der Waals surface area contributed by atoms with Crippen LogP contribution in [0.2, 0.25) is 0 Å². The number of unbranched alkanes of at least 4 members (excludes halogenated alkanes) is 4. The Balaban J connectivity index is 2.16. The summed E-state index contributed by atoms with van der Waals surface area (Å²) in [5.41, 5.74) is 0. The van der Waals surface area contributed by atoms with E-state index in [-0.39, 0.29) is 0 Å². The summed E-state index contributed by atoms with van der Waals surface area (Å²) in [5, 5.41) is 0. The lowest BCUT2D eigenvalue weighted by molar-refractivity contribution is 0.0971. The first-order valence-corrected chi connectivity index (χ1v) is 7.98. The van der Waals surface area contributed by atoms with Crippen LogP contribution in [0.4, 0.5) is 0 Å². The molecule has 1 fully saturated rings. The molecule has 102 valence electrons. The van der Waals surface area contributed by atoms with Gasteiger partial charge in [-0.1, -0.05) is 65.2 Å². The van der Waals surface area contributed by atoms with E-state index in [4.69, 9.17) is 0 Å². The Bertz CT molecular complexity index is 178. The molecule has 1 heterocycles. The third-order valence-corrected chi connectivity index (χ3v) is 4.48. The molecular weight excluding hydrogens is 206 g/mol. The fourth-order valence-corrected chi connectivity index (χ4v) is 2.99. The molecule has 0 amide bonds. The van der Waals surface area contributed by atoms with Crippen LogP contribution in [0, 0.1) is 5.92 Å². The van der Waals surface area contributed by atoms with Crippen LogP contribution in [0.25, 0.3) is 0 Å². The minimum absolute atomic E-state index is 0.919. The van der Waals surface area contributed by atoms with Gasteiger partial charge in [-0.3, -0.25) is 0 Å². The number of hydrogen-bond acceptors (Lipinski definition) is 1. The fourth-order valence-electron chi connectivity index (χ4n) is 2.99. The molecule has 0 aromatic carbocycles. The summed E-state index contributed by atoms with van der Waals surface area (Å²) in [5.74, 6) is 1.01. The van der Waals surface area contributed by atoms with E-state index in [9.17, 15) is 0 Å². The van der Waals surface area contributed by atoms with E-state index in [2.05, 4.69) is 25.8 Å². The second-order valence-electron chi connectivity index (χ2n) is 6.02. The maximum absolute atomic E-state index is 2.55. The average Bonchev–Trinajstić information content (AvgIpc) is 2.34. The molecule has 17 heavy (non-hydrogen) atoms. The van der Waals surface area contributed by atoms with Crippen molar-refractivity contribution in [3.63, 3.8) is 0 Å². The second kappa shape index (κ2) is 8.97. The first kappa shape index (κ1) is 15.0. The minimum Gasteiger partial charge on any atom is -0.303 e. The predicted octanol–water partition coefficient (Wildman–Crippen LogP) is 4.86. The Morgan fingerprint density at radius 1 is 1.00 bits per heavy atom. The Kier molecular flexibility index (Phi) is 7.92. The quantitative estimate of drug-likeness (QED) is 0.492. The van der Waals surface area contributed by atoms with Gasteiger partial charge in [-0.05, 0) is 32.4 Å². The van der Waals surface area contributed by atoms with Crippen LogP contribution in [-0.4, -0.2) is 24.5 Å². The van der Waals surface area contributed by atoms with E-state index in [0.29, 0.717) is 0 Å². The Hall–Kier alpha value is -0.0400. The van der Waals surface area contributed by atoms with Crippen molar-refractivity contribution in [1.82, 2.24) is 4.90 Å². The van der Waals surface area contributed by atoms with Crippen LogP contribution in [0.3, 0.4) is 0 Å². The standard InChI is InChI=1S/C16H33N/c1-4-6-8-9-11-15(10-7-5-2)14-16-12-13-17(16)3/h15-16H,4-14H2,1-3H3/t15?,16-/m0/s1. The maximum atomic E-state index is 2.55. The Morgan fingerprint density at radius 3 is 2.24 bits per heavy atom. The first-order chi connectivity index (χ1) is 8.27. The second-order valence-corrected chi connectivity index (χ2v) is 6.02. The zero-order valence-corrected chi connectivity index (χ0v) is 12.4. The van der Waals surface area contributed by atoms with Crippen LogP contribution in [0.5, 0.6) is 0 Å². The van der Waals surface area contributed by atoms with Crippen LogP contribution < -0.4 is 0 Å². The molecule has 0 aliphatic carbocycles. The first-order valence-electron chi connectivity index (χ1n) is 7.98. The third-order valence-electron chi connectivity index (χ3n) is 4.48. The highest BCUT2D eigenvalue weighted by Crippen LogP contribution is 2.28. The number of nitrogens with zero attached hydrogens (tertiary/aromatic N) is 1. The van der Waals surface area contributed by atoms with Crippen molar-refractivity contribution in [3.05, 3.63) is 0 Å². The number of rotatable bonds is 10. The summed E-state index contributed by atoms with van der Waals surface area (Å²) < 4.78 is 0. The molecular formula is C16H33N. The molecule has 0 radical (unpaired) electrons. The van der Waals surface area contributed by atoms with Gasteiger partial charge in [0.15, 0.2) is 0 Å². The summed E-state index contributed by atoms with van der Waals surface area (Å²) in [7, 11) is 2.29. The van der Waals surface area contributed by atoms with Gasteiger partial charge in [0.1, 0.15) is 0 Å². The summed E-state index contributed by atoms with van der Waals surface area (Å²) in [4.78, 5) is 2.55. The van der Waals surface area contributed by atoms with E-state index >= 15 is 0 Å². The number of hydrogen-bond donors (Lipinski definition) is 0. The molecule has 0 N–H and O–H groups in total. The molecule has 0 aromatic rings. The minimum atomic E-state index is 0.919. The highest BCUT2D eigenvalue weighted by atomic mass is 15.2. The summed E-state index contributed by atoms with van der Waals surface area (Å²) in [6.07, 6.45) is 14.4. The van der Waals surface area contributed by atoms with Gasteiger partial charge in [-0.25, -0.2) is 0 Å². The van der Waals surface area contributed by atoms with Gasteiger partial charge in [0.05, 0.1) is 0 Å². The molecule has 0 aromatic heterocycles. The molecule has 0 saturated carbocycles. The van der Waals surface area contributed by atoms with Gasteiger partial charge in [0, 0.05) is 6.04 Å².